The van der Waals surface area contributed by atoms with Crippen LogP contribution in [0, 0.1) is 5.92 Å². The summed E-state index contributed by atoms with van der Waals surface area (Å²) in [6.45, 7) is 7.33. The maximum absolute atomic E-state index is 11.9. The molecule has 0 atom stereocenters. The summed E-state index contributed by atoms with van der Waals surface area (Å²) in [5.74, 6) is -0.299. The molecule has 0 saturated carbocycles. The predicted molar refractivity (Wildman–Crippen MR) is 86.6 cm³/mol. The van der Waals surface area contributed by atoms with Gasteiger partial charge in [-0.3, -0.25) is 14.4 Å². The van der Waals surface area contributed by atoms with E-state index >= 15 is 0 Å². The number of nitrogens with one attached hydrogen (secondary N) is 2. The van der Waals surface area contributed by atoms with Gasteiger partial charge in [0, 0.05) is 31.8 Å². The van der Waals surface area contributed by atoms with Crippen molar-refractivity contribution in [1.82, 2.24) is 5.32 Å². The van der Waals surface area contributed by atoms with Gasteiger partial charge in [-0.2, -0.15) is 0 Å². The monoisotopic (exact) mass is 305 g/mol. The Kier molecular flexibility index (Phi) is 6.56. The van der Waals surface area contributed by atoms with Gasteiger partial charge in [0.05, 0.1) is 0 Å². The molecule has 0 aliphatic rings. The van der Waals surface area contributed by atoms with Crippen molar-refractivity contribution in [3.63, 3.8) is 0 Å². The van der Waals surface area contributed by atoms with Crippen molar-refractivity contribution in [3.05, 3.63) is 24.3 Å². The van der Waals surface area contributed by atoms with Crippen LogP contribution in [-0.2, 0) is 14.4 Å². The number of hydrogen-bond acceptors (Lipinski definition) is 3. The van der Waals surface area contributed by atoms with Crippen LogP contribution in [0.5, 0.6) is 0 Å². The second kappa shape index (κ2) is 8.17. The maximum Gasteiger partial charge on any atom is 0.240 e. The largest absolute Gasteiger partial charge is 0.354 e. The zero-order chi connectivity index (χ0) is 16.7. The first-order valence-electron chi connectivity index (χ1n) is 7.22. The van der Waals surface area contributed by atoms with E-state index in [1.807, 2.05) is 13.8 Å². The summed E-state index contributed by atoms with van der Waals surface area (Å²) in [6.07, 6.45) is 0. The number of anilines is 2. The second-order valence-corrected chi connectivity index (χ2v) is 5.53. The van der Waals surface area contributed by atoms with Crippen molar-refractivity contribution in [2.45, 2.75) is 27.7 Å². The number of nitrogens with zero attached hydrogens (tertiary/aromatic N) is 1. The first-order valence-corrected chi connectivity index (χ1v) is 7.22. The molecule has 0 bridgehead atoms. The minimum Gasteiger partial charge on any atom is -0.354 e. The third-order valence-corrected chi connectivity index (χ3v) is 2.87. The molecule has 0 radical (unpaired) electrons. The van der Waals surface area contributed by atoms with Crippen molar-refractivity contribution in [1.29, 1.82) is 0 Å². The number of carbonyl (C=O) groups is 3. The molecule has 1 aromatic rings. The number of rotatable bonds is 6. The highest BCUT2D eigenvalue weighted by Gasteiger charge is 2.16. The summed E-state index contributed by atoms with van der Waals surface area (Å²) >= 11 is 0. The zero-order valence-corrected chi connectivity index (χ0v) is 13.5. The van der Waals surface area contributed by atoms with Gasteiger partial charge in [-0.05, 0) is 24.1 Å². The Balaban J connectivity index is 2.84. The molecular formula is C16H23N3O3. The van der Waals surface area contributed by atoms with E-state index in [0.717, 1.165) is 0 Å². The lowest BCUT2D eigenvalue weighted by atomic mass is 10.2. The topological polar surface area (TPSA) is 78.5 Å². The normalized spacial score (nSPS) is 10.2. The average molecular weight is 305 g/mol. The molecule has 0 unspecified atom stereocenters. The molecule has 0 saturated heterocycles. The molecule has 0 heterocycles. The van der Waals surface area contributed by atoms with Crippen molar-refractivity contribution >= 4 is 29.1 Å². The summed E-state index contributed by atoms with van der Waals surface area (Å²) in [7, 11) is 0. The molecule has 3 amide bonds. The SMILES string of the molecule is CC(=O)Nc1cccc(N(CC(=O)NCC(C)C)C(C)=O)c1. The van der Waals surface area contributed by atoms with Crippen LogP contribution in [-0.4, -0.2) is 30.8 Å². The van der Waals surface area contributed by atoms with Crippen LogP contribution < -0.4 is 15.5 Å². The minimum absolute atomic E-state index is 0.0500. The Morgan fingerprint density at radius 3 is 2.41 bits per heavy atom. The van der Waals surface area contributed by atoms with Gasteiger partial charge in [0.2, 0.25) is 17.7 Å². The van der Waals surface area contributed by atoms with Crippen LogP contribution in [0.1, 0.15) is 27.7 Å². The van der Waals surface area contributed by atoms with E-state index in [2.05, 4.69) is 10.6 Å². The van der Waals surface area contributed by atoms with Crippen molar-refractivity contribution in [2.24, 2.45) is 5.92 Å². The molecule has 6 heteroatoms. The van der Waals surface area contributed by atoms with Gasteiger partial charge in [-0.1, -0.05) is 19.9 Å². The van der Waals surface area contributed by atoms with Crippen LogP contribution in [0.25, 0.3) is 0 Å². The molecule has 22 heavy (non-hydrogen) atoms. The fourth-order valence-electron chi connectivity index (χ4n) is 1.86. The van der Waals surface area contributed by atoms with Gasteiger partial charge >= 0.3 is 0 Å². The Bertz CT molecular complexity index is 555. The molecule has 120 valence electrons. The minimum atomic E-state index is -0.236. The van der Waals surface area contributed by atoms with Gasteiger partial charge < -0.3 is 15.5 Å². The van der Waals surface area contributed by atoms with Crippen LogP contribution >= 0.6 is 0 Å². The van der Waals surface area contributed by atoms with E-state index < -0.39 is 0 Å². The van der Waals surface area contributed by atoms with Crippen LogP contribution in [0.4, 0.5) is 11.4 Å². The fourth-order valence-corrected chi connectivity index (χ4v) is 1.86. The maximum atomic E-state index is 11.9. The molecule has 6 nitrogen and oxygen atoms in total. The van der Waals surface area contributed by atoms with Crippen LogP contribution in [0.15, 0.2) is 24.3 Å². The lowest BCUT2D eigenvalue weighted by Gasteiger charge is -2.21. The van der Waals surface area contributed by atoms with Gasteiger partial charge in [0.15, 0.2) is 0 Å². The Morgan fingerprint density at radius 2 is 1.86 bits per heavy atom. The Labute approximate surface area is 130 Å². The highest BCUT2D eigenvalue weighted by atomic mass is 16.2. The quantitative estimate of drug-likeness (QED) is 0.840. The fraction of sp³-hybridized carbons (Fsp3) is 0.438. The smallest absolute Gasteiger partial charge is 0.240 e. The molecule has 0 spiro atoms. The van der Waals surface area contributed by atoms with Crippen LogP contribution in [0.2, 0.25) is 0 Å². The summed E-state index contributed by atoms with van der Waals surface area (Å²) in [5, 5.41) is 5.44. The summed E-state index contributed by atoms with van der Waals surface area (Å²) in [4.78, 5) is 36.2. The Morgan fingerprint density at radius 1 is 1.18 bits per heavy atom. The van der Waals surface area contributed by atoms with Crippen LogP contribution in [0.3, 0.4) is 0 Å². The molecule has 0 fully saturated rings. The van der Waals surface area contributed by atoms with E-state index in [1.54, 1.807) is 24.3 Å². The Hall–Kier alpha value is -2.37. The highest BCUT2D eigenvalue weighted by molar-refractivity contribution is 5.98. The lowest BCUT2D eigenvalue weighted by Crippen LogP contribution is -2.40. The van der Waals surface area contributed by atoms with E-state index in [0.29, 0.717) is 23.8 Å². The van der Waals surface area contributed by atoms with Crippen molar-refractivity contribution < 1.29 is 14.4 Å². The number of amides is 3. The second-order valence-electron chi connectivity index (χ2n) is 5.53. The standard InChI is InChI=1S/C16H23N3O3/c1-11(2)9-17-16(22)10-19(13(4)21)15-7-5-6-14(8-15)18-12(3)20/h5-8,11H,9-10H2,1-4H3,(H,17,22)(H,18,20). The number of carbonyl (C=O) groups excluding carboxylic acids is 3. The van der Waals surface area contributed by atoms with E-state index in [9.17, 15) is 14.4 Å². The summed E-state index contributed by atoms with van der Waals surface area (Å²) in [5.41, 5.74) is 1.15. The predicted octanol–water partition coefficient (Wildman–Crippen LogP) is 1.77. The molecule has 2 N–H and O–H groups in total. The lowest BCUT2D eigenvalue weighted by molar-refractivity contribution is -0.123. The number of benzene rings is 1. The molecule has 0 aliphatic carbocycles. The summed E-state index contributed by atoms with van der Waals surface area (Å²) in [6, 6.07) is 6.84. The number of hydrogen-bond donors (Lipinski definition) is 2. The highest BCUT2D eigenvalue weighted by Crippen LogP contribution is 2.19. The summed E-state index contributed by atoms with van der Waals surface area (Å²) < 4.78 is 0. The zero-order valence-electron chi connectivity index (χ0n) is 13.5. The van der Waals surface area contributed by atoms with Gasteiger partial charge in [-0.25, -0.2) is 0 Å². The van der Waals surface area contributed by atoms with E-state index in [4.69, 9.17) is 0 Å². The molecular weight excluding hydrogens is 282 g/mol. The average Bonchev–Trinajstić information content (AvgIpc) is 2.41. The van der Waals surface area contributed by atoms with Gasteiger partial charge in [-0.15, -0.1) is 0 Å². The van der Waals surface area contributed by atoms with Gasteiger partial charge in [0.1, 0.15) is 6.54 Å². The molecule has 0 aromatic heterocycles. The van der Waals surface area contributed by atoms with Gasteiger partial charge in [0.25, 0.3) is 0 Å². The first-order chi connectivity index (χ1) is 10.3. The van der Waals surface area contributed by atoms with Crippen molar-refractivity contribution in [3.8, 4) is 0 Å². The van der Waals surface area contributed by atoms with E-state index in [1.165, 1.54) is 18.7 Å². The third-order valence-electron chi connectivity index (χ3n) is 2.87. The van der Waals surface area contributed by atoms with E-state index in [-0.39, 0.29) is 24.3 Å². The molecule has 0 aliphatic heterocycles. The first kappa shape index (κ1) is 17.7. The molecule has 1 aromatic carbocycles. The third kappa shape index (κ3) is 5.95. The van der Waals surface area contributed by atoms with Crippen molar-refractivity contribution in [2.75, 3.05) is 23.3 Å². The molecule has 1 rings (SSSR count).